The number of benzene rings is 11. The van der Waals surface area contributed by atoms with Crippen LogP contribution in [0.15, 0.2) is 211 Å². The molecule has 0 aliphatic heterocycles. The molecule has 14 aromatic rings. The minimum atomic E-state index is 0.562. The molecule has 64 heavy (non-hydrogen) atoms. The quantitative estimate of drug-likeness (QED) is 0.166. The molecule has 0 fully saturated rings. The Hall–Kier alpha value is -8.67. The van der Waals surface area contributed by atoms with Crippen molar-refractivity contribution in [3.63, 3.8) is 0 Å². The SMILES string of the molecule is c1ccc2cc3c(cc2c1)c1cc2ccccc2cc1n3-c1cc(-c2nc(-c3ccc4c(ccc5ccccc54)c3)nc(-c3cccc4ccccc34)n2)cc2oc3ccccc3c12. The Morgan fingerprint density at radius 1 is 0.312 bits per heavy atom. The van der Waals surface area contributed by atoms with Crippen LogP contribution in [0.4, 0.5) is 0 Å². The van der Waals surface area contributed by atoms with E-state index in [1.807, 2.05) is 12.1 Å². The number of nitrogens with zero attached hydrogens (tertiary/aromatic N) is 4. The molecule has 3 aromatic heterocycles. The Morgan fingerprint density at radius 2 is 0.844 bits per heavy atom. The average Bonchev–Trinajstić information content (AvgIpc) is 3.88. The molecule has 5 heteroatoms. The highest BCUT2D eigenvalue weighted by molar-refractivity contribution is 6.19. The third-order valence-corrected chi connectivity index (χ3v) is 13.1. The Balaban J connectivity index is 1.08. The van der Waals surface area contributed by atoms with Gasteiger partial charge in [0.1, 0.15) is 11.2 Å². The van der Waals surface area contributed by atoms with Gasteiger partial charge in [-0.3, -0.25) is 0 Å². The fraction of sp³-hybridized carbons (Fsp3) is 0. The summed E-state index contributed by atoms with van der Waals surface area (Å²) in [5.41, 5.74) is 7.50. The molecule has 0 radical (unpaired) electrons. The Labute approximate surface area is 366 Å². The Bertz CT molecular complexity index is 4180. The van der Waals surface area contributed by atoms with Crippen molar-refractivity contribution in [1.82, 2.24) is 19.5 Å². The van der Waals surface area contributed by atoms with Crippen LogP contribution in [0.25, 0.3) is 137 Å². The van der Waals surface area contributed by atoms with Crippen LogP contribution in [-0.2, 0) is 0 Å². The first-order chi connectivity index (χ1) is 31.7. The summed E-state index contributed by atoms with van der Waals surface area (Å²) in [6, 6.07) is 73.5. The zero-order valence-corrected chi connectivity index (χ0v) is 34.3. The number of hydrogen-bond acceptors (Lipinski definition) is 4. The Morgan fingerprint density at radius 3 is 1.56 bits per heavy atom. The van der Waals surface area contributed by atoms with Gasteiger partial charge in [-0.2, -0.15) is 0 Å². The molecule has 296 valence electrons. The number of furan rings is 1. The second kappa shape index (κ2) is 13.4. The van der Waals surface area contributed by atoms with Gasteiger partial charge in [-0.25, -0.2) is 15.0 Å². The molecule has 0 saturated heterocycles. The van der Waals surface area contributed by atoms with Gasteiger partial charge in [-0.05, 0) is 102 Å². The summed E-state index contributed by atoms with van der Waals surface area (Å²) in [5, 5.41) is 16.2. The highest BCUT2D eigenvalue weighted by atomic mass is 16.3. The zero-order chi connectivity index (χ0) is 41.9. The highest BCUT2D eigenvalue weighted by Crippen LogP contribution is 2.43. The number of aromatic nitrogens is 4. The molecule has 0 aliphatic carbocycles. The molecule has 3 heterocycles. The number of para-hydroxylation sites is 1. The first-order valence-corrected chi connectivity index (χ1v) is 21.7. The van der Waals surface area contributed by atoms with Gasteiger partial charge < -0.3 is 8.98 Å². The molecule has 14 rings (SSSR count). The van der Waals surface area contributed by atoms with Gasteiger partial charge in [0.25, 0.3) is 0 Å². The Kier molecular flexibility index (Phi) is 7.33. The zero-order valence-electron chi connectivity index (χ0n) is 34.3. The monoisotopic (exact) mass is 814 g/mol. The van der Waals surface area contributed by atoms with Gasteiger partial charge in [0, 0.05) is 32.8 Å². The standard InChI is InChI=1S/C59H34N4O/c1-3-16-39-31-51-49(29-37(39)14-1)50-30-38-15-2-4-17-40(38)32-52(50)63(51)53-33-43(34-55-56(53)48-21-9-10-23-54(48)64-55)58-60-57(61-59(62-58)47-22-11-18-35-12-5-8-20-45(35)47)42-26-27-46-41(28-42)25-24-36-13-6-7-19-44(36)46/h1-34H. The average molecular weight is 815 g/mol. The summed E-state index contributed by atoms with van der Waals surface area (Å²) in [4.78, 5) is 16.0. The lowest BCUT2D eigenvalue weighted by atomic mass is 10.00. The second-order valence-electron chi connectivity index (χ2n) is 16.8. The molecule has 0 spiro atoms. The van der Waals surface area contributed by atoms with E-state index in [0.717, 1.165) is 71.5 Å². The van der Waals surface area contributed by atoms with E-state index in [9.17, 15) is 0 Å². The van der Waals surface area contributed by atoms with E-state index in [0.29, 0.717) is 17.5 Å². The number of fused-ring (bicyclic) bond motifs is 12. The van der Waals surface area contributed by atoms with Crippen LogP contribution in [0.3, 0.4) is 0 Å². The van der Waals surface area contributed by atoms with Crippen LogP contribution >= 0.6 is 0 Å². The van der Waals surface area contributed by atoms with Crippen molar-refractivity contribution in [2.45, 2.75) is 0 Å². The third-order valence-electron chi connectivity index (χ3n) is 13.1. The van der Waals surface area contributed by atoms with Crippen LogP contribution in [0, 0.1) is 0 Å². The van der Waals surface area contributed by atoms with Gasteiger partial charge in [0.2, 0.25) is 0 Å². The van der Waals surface area contributed by atoms with E-state index in [2.05, 4.69) is 199 Å². The molecular formula is C59H34N4O. The summed E-state index contributed by atoms with van der Waals surface area (Å²) in [7, 11) is 0. The fourth-order valence-electron chi connectivity index (χ4n) is 10.1. The van der Waals surface area contributed by atoms with Crippen LogP contribution in [0.1, 0.15) is 0 Å². The van der Waals surface area contributed by atoms with Crippen molar-refractivity contribution in [1.29, 1.82) is 0 Å². The van der Waals surface area contributed by atoms with Crippen molar-refractivity contribution in [2.75, 3.05) is 0 Å². The van der Waals surface area contributed by atoms with Crippen molar-refractivity contribution in [3.05, 3.63) is 206 Å². The summed E-state index contributed by atoms with van der Waals surface area (Å²) in [6.45, 7) is 0. The van der Waals surface area contributed by atoms with Crippen molar-refractivity contribution >= 4 is 97.6 Å². The largest absolute Gasteiger partial charge is 0.456 e. The smallest absolute Gasteiger partial charge is 0.164 e. The summed E-state index contributed by atoms with van der Waals surface area (Å²) < 4.78 is 9.23. The van der Waals surface area contributed by atoms with Crippen LogP contribution in [0.5, 0.6) is 0 Å². The predicted octanol–water partition coefficient (Wildman–Crippen LogP) is 15.6. The lowest BCUT2D eigenvalue weighted by Gasteiger charge is -2.14. The van der Waals surface area contributed by atoms with Gasteiger partial charge in [0.15, 0.2) is 17.5 Å². The van der Waals surface area contributed by atoms with Gasteiger partial charge in [0.05, 0.1) is 22.1 Å². The van der Waals surface area contributed by atoms with E-state index in [-0.39, 0.29) is 0 Å². The number of hydrogen-bond donors (Lipinski definition) is 0. The summed E-state index contributed by atoms with van der Waals surface area (Å²) in [5.74, 6) is 1.77. The first-order valence-electron chi connectivity index (χ1n) is 21.7. The molecule has 0 N–H and O–H groups in total. The second-order valence-corrected chi connectivity index (χ2v) is 16.8. The lowest BCUT2D eigenvalue weighted by Crippen LogP contribution is -2.02. The fourth-order valence-corrected chi connectivity index (χ4v) is 10.1. The van der Waals surface area contributed by atoms with Crippen molar-refractivity contribution in [3.8, 4) is 39.9 Å². The normalized spacial score (nSPS) is 12.1. The van der Waals surface area contributed by atoms with E-state index < -0.39 is 0 Å². The van der Waals surface area contributed by atoms with Gasteiger partial charge in [-0.15, -0.1) is 0 Å². The third kappa shape index (κ3) is 5.28. The first kappa shape index (κ1) is 35.0. The van der Waals surface area contributed by atoms with E-state index in [1.165, 1.54) is 48.5 Å². The number of rotatable bonds is 4. The predicted molar refractivity (Wildman–Crippen MR) is 265 cm³/mol. The van der Waals surface area contributed by atoms with Gasteiger partial charge >= 0.3 is 0 Å². The maximum atomic E-state index is 6.80. The molecule has 0 aliphatic rings. The van der Waals surface area contributed by atoms with Crippen LogP contribution in [0.2, 0.25) is 0 Å². The molecular weight excluding hydrogens is 781 g/mol. The maximum Gasteiger partial charge on any atom is 0.164 e. The molecule has 0 amide bonds. The molecule has 0 unspecified atom stereocenters. The molecule has 5 nitrogen and oxygen atoms in total. The van der Waals surface area contributed by atoms with Crippen molar-refractivity contribution < 1.29 is 4.42 Å². The molecule has 0 bridgehead atoms. The van der Waals surface area contributed by atoms with E-state index >= 15 is 0 Å². The minimum Gasteiger partial charge on any atom is -0.456 e. The molecule has 0 atom stereocenters. The van der Waals surface area contributed by atoms with Gasteiger partial charge in [-0.1, -0.05) is 158 Å². The van der Waals surface area contributed by atoms with E-state index in [4.69, 9.17) is 19.4 Å². The van der Waals surface area contributed by atoms with E-state index in [1.54, 1.807) is 0 Å². The highest BCUT2D eigenvalue weighted by Gasteiger charge is 2.23. The molecule has 0 saturated carbocycles. The van der Waals surface area contributed by atoms with Crippen molar-refractivity contribution in [2.24, 2.45) is 0 Å². The summed E-state index contributed by atoms with van der Waals surface area (Å²) in [6.07, 6.45) is 0. The minimum absolute atomic E-state index is 0.562. The molecule has 11 aromatic carbocycles. The lowest BCUT2D eigenvalue weighted by molar-refractivity contribution is 0.669. The summed E-state index contributed by atoms with van der Waals surface area (Å²) >= 11 is 0. The van der Waals surface area contributed by atoms with Crippen LogP contribution in [-0.4, -0.2) is 19.5 Å². The topological polar surface area (TPSA) is 56.7 Å². The van der Waals surface area contributed by atoms with Crippen LogP contribution < -0.4 is 0 Å². The maximum absolute atomic E-state index is 6.80.